The first-order chi connectivity index (χ1) is 10.1. The average molecular weight is 300 g/mol. The van der Waals surface area contributed by atoms with Crippen LogP contribution in [0.1, 0.15) is 30.9 Å². The molecule has 108 valence electrons. The average Bonchev–Trinajstić information content (AvgIpc) is 2.47. The lowest BCUT2D eigenvalue weighted by molar-refractivity contribution is -0.111. The first kappa shape index (κ1) is 15.3. The van der Waals surface area contributed by atoms with E-state index in [4.69, 9.17) is 11.6 Å². The van der Waals surface area contributed by atoms with Gasteiger partial charge in [-0.2, -0.15) is 0 Å². The quantitative estimate of drug-likeness (QED) is 0.780. The van der Waals surface area contributed by atoms with Gasteiger partial charge in [0.15, 0.2) is 0 Å². The third-order valence-corrected chi connectivity index (χ3v) is 3.51. The van der Waals surface area contributed by atoms with Crippen molar-refractivity contribution in [2.24, 2.45) is 0 Å². The highest BCUT2D eigenvalue weighted by molar-refractivity contribution is 6.32. The maximum Gasteiger partial charge on any atom is 0.248 e. The summed E-state index contributed by atoms with van der Waals surface area (Å²) in [5.41, 5.74) is 2.86. The highest BCUT2D eigenvalue weighted by Crippen LogP contribution is 2.18. The van der Waals surface area contributed by atoms with Crippen molar-refractivity contribution in [1.29, 1.82) is 0 Å². The molecule has 0 aliphatic carbocycles. The van der Waals surface area contributed by atoms with E-state index in [1.807, 2.05) is 42.5 Å². The van der Waals surface area contributed by atoms with Crippen LogP contribution in [-0.4, -0.2) is 5.91 Å². The van der Waals surface area contributed by atoms with E-state index in [9.17, 15) is 4.79 Å². The third kappa shape index (κ3) is 4.47. The zero-order valence-electron chi connectivity index (χ0n) is 12.1. The number of halogens is 1. The Labute approximate surface area is 130 Å². The molecule has 3 heteroatoms. The standard InChI is InChI=1S/C18H18ClNO/c1-13(2)14-7-10-16(11-8-14)20-18(21)12-9-15-5-3-4-6-17(15)19/h3-13H,1-2H3,(H,20,21)/b12-9+. The molecule has 2 aromatic rings. The molecule has 2 rings (SSSR count). The van der Waals surface area contributed by atoms with Gasteiger partial charge in [0, 0.05) is 16.8 Å². The zero-order chi connectivity index (χ0) is 15.2. The molecule has 0 radical (unpaired) electrons. The van der Waals surface area contributed by atoms with Gasteiger partial charge in [0.2, 0.25) is 5.91 Å². The van der Waals surface area contributed by atoms with Gasteiger partial charge in [-0.3, -0.25) is 4.79 Å². The Balaban J connectivity index is 2.00. The van der Waals surface area contributed by atoms with Crippen molar-refractivity contribution in [3.63, 3.8) is 0 Å². The van der Waals surface area contributed by atoms with E-state index >= 15 is 0 Å². The van der Waals surface area contributed by atoms with Gasteiger partial charge in [-0.1, -0.05) is 55.8 Å². The molecule has 0 heterocycles. The molecular weight excluding hydrogens is 282 g/mol. The van der Waals surface area contributed by atoms with Crippen LogP contribution < -0.4 is 5.32 Å². The van der Waals surface area contributed by atoms with E-state index in [0.717, 1.165) is 11.3 Å². The zero-order valence-corrected chi connectivity index (χ0v) is 12.9. The number of rotatable bonds is 4. The summed E-state index contributed by atoms with van der Waals surface area (Å²) in [5.74, 6) is 0.307. The van der Waals surface area contributed by atoms with Crippen molar-refractivity contribution < 1.29 is 4.79 Å². The van der Waals surface area contributed by atoms with Crippen molar-refractivity contribution in [2.45, 2.75) is 19.8 Å². The minimum atomic E-state index is -0.174. The van der Waals surface area contributed by atoms with E-state index in [0.29, 0.717) is 10.9 Å². The lowest BCUT2D eigenvalue weighted by Gasteiger charge is -2.07. The first-order valence-electron chi connectivity index (χ1n) is 6.90. The lowest BCUT2D eigenvalue weighted by atomic mass is 10.0. The summed E-state index contributed by atoms with van der Waals surface area (Å²) in [7, 11) is 0. The van der Waals surface area contributed by atoms with Gasteiger partial charge < -0.3 is 5.32 Å². The van der Waals surface area contributed by atoms with Crippen LogP contribution in [0.3, 0.4) is 0 Å². The molecule has 2 aromatic carbocycles. The van der Waals surface area contributed by atoms with Gasteiger partial charge in [-0.15, -0.1) is 0 Å². The SMILES string of the molecule is CC(C)c1ccc(NC(=O)/C=C/c2ccccc2Cl)cc1. The second-order valence-corrected chi connectivity index (χ2v) is 5.53. The molecule has 0 saturated heterocycles. The van der Waals surface area contributed by atoms with Gasteiger partial charge in [0.25, 0.3) is 0 Å². The van der Waals surface area contributed by atoms with Crippen molar-refractivity contribution in [3.8, 4) is 0 Å². The molecule has 0 aliphatic rings. The molecule has 0 spiro atoms. The van der Waals surface area contributed by atoms with Crippen LogP contribution in [0, 0.1) is 0 Å². The smallest absolute Gasteiger partial charge is 0.248 e. The largest absolute Gasteiger partial charge is 0.323 e. The normalized spacial score (nSPS) is 11.0. The van der Waals surface area contributed by atoms with Crippen LogP contribution in [0.5, 0.6) is 0 Å². The lowest BCUT2D eigenvalue weighted by Crippen LogP contribution is -2.07. The van der Waals surface area contributed by atoms with Crippen LogP contribution in [0.4, 0.5) is 5.69 Å². The molecule has 2 nitrogen and oxygen atoms in total. The van der Waals surface area contributed by atoms with E-state index in [1.54, 1.807) is 12.1 Å². The van der Waals surface area contributed by atoms with Gasteiger partial charge in [0.1, 0.15) is 0 Å². The van der Waals surface area contributed by atoms with Crippen LogP contribution in [0.2, 0.25) is 5.02 Å². The van der Waals surface area contributed by atoms with Crippen LogP contribution in [-0.2, 0) is 4.79 Å². The first-order valence-corrected chi connectivity index (χ1v) is 7.27. The Morgan fingerprint density at radius 2 is 1.76 bits per heavy atom. The molecule has 21 heavy (non-hydrogen) atoms. The number of nitrogens with one attached hydrogen (secondary N) is 1. The molecule has 0 bridgehead atoms. The molecule has 1 amide bonds. The van der Waals surface area contributed by atoms with E-state index in [1.165, 1.54) is 11.6 Å². The monoisotopic (exact) mass is 299 g/mol. The molecular formula is C18H18ClNO. The van der Waals surface area contributed by atoms with Crippen LogP contribution in [0.25, 0.3) is 6.08 Å². The number of amides is 1. The number of hydrogen-bond acceptors (Lipinski definition) is 1. The molecule has 0 aromatic heterocycles. The second kappa shape index (κ2) is 7.09. The summed E-state index contributed by atoms with van der Waals surface area (Å²) in [6.07, 6.45) is 3.19. The summed E-state index contributed by atoms with van der Waals surface area (Å²) >= 11 is 6.03. The van der Waals surface area contributed by atoms with Crippen molar-refractivity contribution in [2.75, 3.05) is 5.32 Å². The predicted molar refractivity (Wildman–Crippen MR) is 89.6 cm³/mol. The number of benzene rings is 2. The molecule has 1 N–H and O–H groups in total. The van der Waals surface area contributed by atoms with Crippen molar-refractivity contribution in [3.05, 3.63) is 70.8 Å². The van der Waals surface area contributed by atoms with Crippen molar-refractivity contribution >= 4 is 29.3 Å². The van der Waals surface area contributed by atoms with E-state index in [2.05, 4.69) is 19.2 Å². The maximum atomic E-state index is 11.9. The molecule has 0 aliphatic heterocycles. The van der Waals surface area contributed by atoms with Crippen molar-refractivity contribution in [1.82, 2.24) is 0 Å². The van der Waals surface area contributed by atoms with Gasteiger partial charge in [-0.05, 0) is 41.3 Å². The Hall–Kier alpha value is -2.06. The number of anilines is 1. The van der Waals surface area contributed by atoms with E-state index < -0.39 is 0 Å². The fourth-order valence-electron chi connectivity index (χ4n) is 1.91. The maximum absolute atomic E-state index is 11.9. The third-order valence-electron chi connectivity index (χ3n) is 3.16. The topological polar surface area (TPSA) is 29.1 Å². The molecule has 0 unspecified atom stereocenters. The highest BCUT2D eigenvalue weighted by Gasteiger charge is 2.01. The van der Waals surface area contributed by atoms with Crippen LogP contribution in [0.15, 0.2) is 54.6 Å². The Kier molecular flexibility index (Phi) is 5.18. The predicted octanol–water partition coefficient (Wildman–Crippen LogP) is 5.12. The summed E-state index contributed by atoms with van der Waals surface area (Å²) in [6.45, 7) is 4.28. The fourth-order valence-corrected chi connectivity index (χ4v) is 2.11. The Bertz CT molecular complexity index is 645. The number of hydrogen-bond donors (Lipinski definition) is 1. The van der Waals surface area contributed by atoms with Crippen LogP contribution >= 0.6 is 11.6 Å². The van der Waals surface area contributed by atoms with Gasteiger partial charge >= 0.3 is 0 Å². The highest BCUT2D eigenvalue weighted by atomic mass is 35.5. The minimum absolute atomic E-state index is 0.174. The summed E-state index contributed by atoms with van der Waals surface area (Å²) in [6, 6.07) is 15.3. The number of carbonyl (C=O) groups is 1. The van der Waals surface area contributed by atoms with Gasteiger partial charge in [0.05, 0.1) is 0 Å². The second-order valence-electron chi connectivity index (χ2n) is 5.12. The van der Waals surface area contributed by atoms with E-state index in [-0.39, 0.29) is 5.91 Å². The van der Waals surface area contributed by atoms with Gasteiger partial charge in [-0.25, -0.2) is 0 Å². The minimum Gasteiger partial charge on any atom is -0.323 e. The molecule has 0 fully saturated rings. The summed E-state index contributed by atoms with van der Waals surface area (Å²) < 4.78 is 0. The Morgan fingerprint density at radius 1 is 1.10 bits per heavy atom. The molecule has 0 atom stereocenters. The summed E-state index contributed by atoms with van der Waals surface area (Å²) in [5, 5.41) is 3.46. The number of carbonyl (C=O) groups excluding carboxylic acids is 1. The summed E-state index contributed by atoms with van der Waals surface area (Å²) in [4.78, 5) is 11.9. The fraction of sp³-hybridized carbons (Fsp3) is 0.167. The Morgan fingerprint density at radius 3 is 2.38 bits per heavy atom. The molecule has 0 saturated carbocycles.